The maximum absolute atomic E-state index is 7.65. The van der Waals surface area contributed by atoms with Crippen LogP contribution < -0.4 is 10.4 Å². The summed E-state index contributed by atoms with van der Waals surface area (Å²) in [4.78, 5) is 0. The monoisotopic (exact) mass is 905 g/mol. The van der Waals surface area contributed by atoms with E-state index in [0.29, 0.717) is 11.2 Å². The third-order valence-corrected chi connectivity index (χ3v) is 36.5. The fourth-order valence-corrected chi connectivity index (χ4v) is 19.5. The van der Waals surface area contributed by atoms with E-state index >= 15 is 0 Å². The quantitative estimate of drug-likeness (QED) is 0.139. The number of hydrogen-bond donors (Lipinski definition) is 0. The molecule has 1 saturated heterocycles. The summed E-state index contributed by atoms with van der Waals surface area (Å²) < 4.78 is 30.9. The lowest BCUT2D eigenvalue weighted by Gasteiger charge is -2.49. The summed E-state index contributed by atoms with van der Waals surface area (Å²) in [6.45, 7) is 48.7. The Morgan fingerprint density at radius 1 is 0.534 bits per heavy atom. The molecule has 1 fully saturated rings. The molecule has 0 bridgehead atoms. The van der Waals surface area contributed by atoms with Gasteiger partial charge in [0.15, 0.2) is 25.0 Å². The van der Waals surface area contributed by atoms with Gasteiger partial charge in [-0.3, -0.25) is 0 Å². The predicted molar refractivity (Wildman–Crippen MR) is 271 cm³/mol. The average Bonchev–Trinajstić information content (AvgIpc) is 3.08. The highest BCUT2D eigenvalue weighted by Gasteiger charge is 2.51. The second-order valence-corrected chi connectivity index (χ2v) is 44.7. The number of thioether (sulfide) groups is 2. The predicted octanol–water partition coefficient (Wildman–Crippen LogP) is 14.1. The Labute approximate surface area is 371 Å². The number of benzene rings is 2. The van der Waals surface area contributed by atoms with Crippen molar-refractivity contribution in [3.05, 3.63) is 60.7 Å². The molecule has 2 aromatic rings. The third-order valence-electron chi connectivity index (χ3n) is 14.2. The van der Waals surface area contributed by atoms with Gasteiger partial charge in [0.2, 0.25) is 0 Å². The maximum atomic E-state index is 7.65. The molecule has 0 unspecified atom stereocenters. The zero-order valence-corrected chi connectivity index (χ0v) is 46.6. The molecule has 0 amide bonds. The van der Waals surface area contributed by atoms with Crippen LogP contribution in [-0.2, 0) is 17.7 Å². The van der Waals surface area contributed by atoms with E-state index in [1.165, 1.54) is 28.3 Å². The largest absolute Gasteiger partial charge is 0.414 e. The first kappa shape index (κ1) is 52.2. The van der Waals surface area contributed by atoms with Crippen LogP contribution in [0.3, 0.4) is 0 Å². The second kappa shape index (κ2) is 19.7. The molecule has 0 spiro atoms. The summed E-state index contributed by atoms with van der Waals surface area (Å²) >= 11 is 4.29. The van der Waals surface area contributed by atoms with Gasteiger partial charge in [0.25, 0.3) is 8.32 Å². The zero-order valence-electron chi connectivity index (χ0n) is 41.0. The fourth-order valence-electron chi connectivity index (χ4n) is 7.35. The van der Waals surface area contributed by atoms with E-state index in [1.54, 1.807) is 0 Å². The molecule has 0 aromatic heterocycles. The minimum atomic E-state index is -2.72. The van der Waals surface area contributed by atoms with Crippen LogP contribution in [0.5, 0.6) is 0 Å². The minimum absolute atomic E-state index is 0.00356. The topological polar surface area (TPSA) is 36.9 Å². The normalized spacial score (nSPS) is 17.9. The lowest BCUT2D eigenvalue weighted by Crippen LogP contribution is -2.66. The molecule has 0 aliphatic carbocycles. The van der Waals surface area contributed by atoms with Crippen molar-refractivity contribution in [3.63, 3.8) is 0 Å². The van der Waals surface area contributed by atoms with Crippen molar-refractivity contribution in [2.45, 2.75) is 205 Å². The van der Waals surface area contributed by atoms with Gasteiger partial charge in [-0.2, -0.15) is 0 Å². The molecular weight excluding hydrogens is 817 g/mol. The molecule has 2 aromatic carbocycles. The van der Waals surface area contributed by atoms with Crippen LogP contribution in [0.4, 0.5) is 0 Å². The third kappa shape index (κ3) is 13.0. The standard InChI is InChI=1S/C48H88O4S2Si4/c1-44(2,3)55(15,16)50-38(32-33-49-58(47(10,11)12,40-28-23-21-24-29-40)41-30-25-22-26-31-41)36-39(51-56(17,18)45(4,5)6)37-42(52-57(19,20)46(7,8)9)48(13,14)43-53-34-27-35-54-43/h21-26,28-31,38-39,42-43H,27,32-37H2,1-20H3/t38-,39+,42-/m0/s1. The van der Waals surface area contributed by atoms with E-state index in [1.807, 2.05) is 0 Å². The molecule has 58 heavy (non-hydrogen) atoms. The summed E-state index contributed by atoms with van der Waals surface area (Å²) in [5.41, 5.74) is -0.0392. The van der Waals surface area contributed by atoms with Gasteiger partial charge >= 0.3 is 0 Å². The molecule has 4 nitrogen and oxygen atoms in total. The Morgan fingerprint density at radius 2 is 0.931 bits per heavy atom. The van der Waals surface area contributed by atoms with Gasteiger partial charge in [0, 0.05) is 24.2 Å². The summed E-state index contributed by atoms with van der Waals surface area (Å²) in [5, 5.41) is 2.81. The Morgan fingerprint density at radius 3 is 1.33 bits per heavy atom. The molecule has 1 heterocycles. The summed E-state index contributed by atoms with van der Waals surface area (Å²) in [7, 11) is -9.22. The highest BCUT2D eigenvalue weighted by molar-refractivity contribution is 8.17. The Bertz CT molecular complexity index is 1490. The van der Waals surface area contributed by atoms with E-state index in [2.05, 4.69) is 220 Å². The molecular formula is C48H88O4S2Si4. The van der Waals surface area contributed by atoms with Crippen LogP contribution in [0.1, 0.15) is 123 Å². The molecule has 1 aliphatic heterocycles. The van der Waals surface area contributed by atoms with Crippen LogP contribution in [0.25, 0.3) is 0 Å². The average molecular weight is 906 g/mol. The van der Waals surface area contributed by atoms with E-state index in [9.17, 15) is 0 Å². The molecule has 0 N–H and O–H groups in total. The zero-order chi connectivity index (χ0) is 44.2. The van der Waals surface area contributed by atoms with Gasteiger partial charge in [0.05, 0.1) is 10.7 Å². The Balaban J connectivity index is 2.15. The Hall–Kier alpha value is -0.152. The van der Waals surface area contributed by atoms with Crippen molar-refractivity contribution in [1.82, 2.24) is 0 Å². The SMILES string of the molecule is CC(C)(C1SCCCS1)[C@H](C[C@@H](C[C@H](CCO[Si](c1ccccc1)(c1ccccc1)C(C)(C)C)O[Si](C)(C)C(C)(C)C)O[Si](C)(C)C(C)(C)C)O[Si](C)(C)C(C)(C)C. The highest BCUT2D eigenvalue weighted by Crippen LogP contribution is 2.50. The summed E-state index contributed by atoms with van der Waals surface area (Å²) in [6, 6.07) is 22.1. The minimum Gasteiger partial charge on any atom is -0.414 e. The molecule has 10 heteroatoms. The van der Waals surface area contributed by atoms with E-state index in [0.717, 1.165) is 19.3 Å². The number of rotatable bonds is 18. The van der Waals surface area contributed by atoms with Crippen molar-refractivity contribution >= 4 is 67.2 Å². The van der Waals surface area contributed by atoms with Gasteiger partial charge in [-0.1, -0.05) is 158 Å². The van der Waals surface area contributed by atoms with E-state index in [-0.39, 0.29) is 43.9 Å². The fraction of sp³-hybridized carbons (Fsp3) is 0.750. The molecule has 0 radical (unpaired) electrons. The van der Waals surface area contributed by atoms with Gasteiger partial charge < -0.3 is 17.7 Å². The highest BCUT2D eigenvalue weighted by atomic mass is 32.2. The molecule has 3 rings (SSSR count). The number of hydrogen-bond acceptors (Lipinski definition) is 6. The Kier molecular flexibility index (Phi) is 17.7. The van der Waals surface area contributed by atoms with Crippen LogP contribution in [-0.4, -0.2) is 74.3 Å². The van der Waals surface area contributed by atoms with Crippen molar-refractivity contribution in [3.8, 4) is 0 Å². The second-order valence-electron chi connectivity index (χ2n) is 23.4. The molecule has 1 aliphatic rings. The van der Waals surface area contributed by atoms with Gasteiger partial charge in [-0.25, -0.2) is 0 Å². The van der Waals surface area contributed by atoms with Crippen molar-refractivity contribution in [1.29, 1.82) is 0 Å². The van der Waals surface area contributed by atoms with Crippen LogP contribution in [0.15, 0.2) is 60.7 Å². The van der Waals surface area contributed by atoms with E-state index < -0.39 is 33.3 Å². The first-order valence-electron chi connectivity index (χ1n) is 22.3. The maximum Gasteiger partial charge on any atom is 0.261 e. The van der Waals surface area contributed by atoms with Gasteiger partial charge in [0.1, 0.15) is 0 Å². The van der Waals surface area contributed by atoms with Crippen molar-refractivity contribution in [2.24, 2.45) is 5.41 Å². The van der Waals surface area contributed by atoms with E-state index in [4.69, 9.17) is 17.7 Å². The van der Waals surface area contributed by atoms with Crippen molar-refractivity contribution in [2.75, 3.05) is 18.1 Å². The summed E-state index contributed by atoms with van der Waals surface area (Å²) in [5.74, 6) is 2.46. The molecule has 0 saturated carbocycles. The molecule has 3 atom stereocenters. The van der Waals surface area contributed by atoms with Gasteiger partial charge in [-0.15, -0.1) is 23.5 Å². The summed E-state index contributed by atoms with van der Waals surface area (Å²) in [6.07, 6.45) is 3.86. The van der Waals surface area contributed by atoms with Crippen molar-refractivity contribution < 1.29 is 17.7 Å². The van der Waals surface area contributed by atoms with Crippen LogP contribution in [0, 0.1) is 5.41 Å². The smallest absolute Gasteiger partial charge is 0.261 e. The lowest BCUT2D eigenvalue weighted by molar-refractivity contribution is 0.00607. The molecule has 332 valence electrons. The first-order valence-corrected chi connectivity index (χ1v) is 35.0. The van der Waals surface area contributed by atoms with Gasteiger partial charge in [-0.05, 0) is 107 Å². The lowest BCUT2D eigenvalue weighted by atomic mass is 9.84. The van der Waals surface area contributed by atoms with Crippen LogP contribution in [0.2, 0.25) is 59.4 Å². The first-order chi connectivity index (χ1) is 26.3. The van der Waals surface area contributed by atoms with Crippen LogP contribution >= 0.6 is 23.5 Å².